The third kappa shape index (κ3) is 2.88. The highest BCUT2D eigenvalue weighted by atomic mass is 16.3. The summed E-state index contributed by atoms with van der Waals surface area (Å²) in [6.07, 6.45) is 1.69. The highest BCUT2D eigenvalue weighted by Gasteiger charge is 2.18. The van der Waals surface area contributed by atoms with E-state index in [4.69, 9.17) is 10.3 Å². The van der Waals surface area contributed by atoms with Gasteiger partial charge in [-0.3, -0.25) is 5.84 Å². The van der Waals surface area contributed by atoms with E-state index in [1.54, 1.807) is 6.26 Å². The van der Waals surface area contributed by atoms with Crippen LogP contribution in [0, 0.1) is 6.92 Å². The van der Waals surface area contributed by atoms with E-state index in [1.165, 1.54) is 5.56 Å². The summed E-state index contributed by atoms with van der Waals surface area (Å²) in [5.74, 6) is 6.59. The molecule has 2 rings (SSSR count). The van der Waals surface area contributed by atoms with Crippen molar-refractivity contribution in [2.45, 2.75) is 39.2 Å². The van der Waals surface area contributed by atoms with Gasteiger partial charge < -0.3 is 4.42 Å². The molecule has 0 spiro atoms. The zero-order valence-electron chi connectivity index (χ0n) is 12.0. The van der Waals surface area contributed by atoms with Crippen LogP contribution >= 0.6 is 0 Å². The number of hydrogen-bond acceptors (Lipinski definition) is 3. The van der Waals surface area contributed by atoms with E-state index in [2.05, 4.69) is 50.5 Å². The molecule has 0 aliphatic heterocycles. The van der Waals surface area contributed by atoms with E-state index >= 15 is 0 Å². The molecule has 1 heterocycles. The second-order valence-corrected chi connectivity index (χ2v) is 5.90. The van der Waals surface area contributed by atoms with Gasteiger partial charge in [-0.1, -0.05) is 45.0 Å². The van der Waals surface area contributed by atoms with Crippen molar-refractivity contribution < 1.29 is 4.42 Å². The fourth-order valence-corrected chi connectivity index (χ4v) is 2.24. The van der Waals surface area contributed by atoms with Gasteiger partial charge in [-0.15, -0.1) is 0 Å². The van der Waals surface area contributed by atoms with Gasteiger partial charge in [-0.2, -0.15) is 0 Å². The van der Waals surface area contributed by atoms with Crippen LogP contribution in [-0.2, 0) is 5.41 Å². The minimum absolute atomic E-state index is 0.0345. The average Bonchev–Trinajstić information content (AvgIpc) is 2.76. The lowest BCUT2D eigenvalue weighted by molar-refractivity contribution is 0.520. The summed E-state index contributed by atoms with van der Waals surface area (Å²) in [5, 5.41) is 0. The maximum atomic E-state index is 5.70. The van der Waals surface area contributed by atoms with E-state index in [0.29, 0.717) is 0 Å². The highest BCUT2D eigenvalue weighted by molar-refractivity contribution is 5.35. The maximum Gasteiger partial charge on any atom is 0.105 e. The molecule has 1 aromatic heterocycles. The molecule has 0 saturated carbocycles. The van der Waals surface area contributed by atoms with Gasteiger partial charge in [-0.05, 0) is 29.5 Å². The molecule has 1 unspecified atom stereocenters. The zero-order valence-corrected chi connectivity index (χ0v) is 12.0. The van der Waals surface area contributed by atoms with Crippen LogP contribution in [-0.4, -0.2) is 0 Å². The highest BCUT2D eigenvalue weighted by Crippen LogP contribution is 2.28. The number of furan rings is 1. The summed E-state index contributed by atoms with van der Waals surface area (Å²) in [5.41, 5.74) is 6.55. The SMILES string of the molecule is Cc1occc1C(NN)c1ccc(C(C)(C)C)cc1. The van der Waals surface area contributed by atoms with E-state index in [0.717, 1.165) is 16.9 Å². The van der Waals surface area contributed by atoms with Gasteiger partial charge in [0.15, 0.2) is 0 Å². The molecule has 3 nitrogen and oxygen atoms in total. The summed E-state index contributed by atoms with van der Waals surface area (Å²) < 4.78 is 5.35. The monoisotopic (exact) mass is 258 g/mol. The van der Waals surface area contributed by atoms with E-state index in [1.807, 2.05) is 13.0 Å². The number of rotatable bonds is 3. The van der Waals surface area contributed by atoms with Gasteiger partial charge in [0, 0.05) is 5.56 Å². The van der Waals surface area contributed by atoms with Crippen LogP contribution in [0.2, 0.25) is 0 Å². The smallest absolute Gasteiger partial charge is 0.105 e. The molecule has 102 valence electrons. The number of hydrazine groups is 1. The van der Waals surface area contributed by atoms with Gasteiger partial charge in [0.1, 0.15) is 5.76 Å². The van der Waals surface area contributed by atoms with Crippen LogP contribution in [0.5, 0.6) is 0 Å². The molecule has 3 N–H and O–H groups in total. The third-order valence-electron chi connectivity index (χ3n) is 3.49. The fourth-order valence-electron chi connectivity index (χ4n) is 2.24. The molecule has 2 aromatic rings. The first-order chi connectivity index (χ1) is 8.93. The quantitative estimate of drug-likeness (QED) is 0.655. The second-order valence-electron chi connectivity index (χ2n) is 5.90. The van der Waals surface area contributed by atoms with Crippen LogP contribution in [0.25, 0.3) is 0 Å². The molecular weight excluding hydrogens is 236 g/mol. The fraction of sp³-hybridized carbons (Fsp3) is 0.375. The van der Waals surface area contributed by atoms with Gasteiger partial charge in [0.05, 0.1) is 12.3 Å². The van der Waals surface area contributed by atoms with E-state index in [-0.39, 0.29) is 11.5 Å². The third-order valence-corrected chi connectivity index (χ3v) is 3.49. The molecule has 1 aromatic carbocycles. The van der Waals surface area contributed by atoms with Crippen molar-refractivity contribution in [3.05, 3.63) is 59.0 Å². The summed E-state index contributed by atoms with van der Waals surface area (Å²) in [7, 11) is 0. The van der Waals surface area contributed by atoms with Crippen molar-refractivity contribution in [2.24, 2.45) is 5.84 Å². The lowest BCUT2D eigenvalue weighted by atomic mass is 9.86. The lowest BCUT2D eigenvalue weighted by Gasteiger charge is -2.21. The maximum absolute atomic E-state index is 5.70. The Hall–Kier alpha value is -1.58. The van der Waals surface area contributed by atoms with Crippen molar-refractivity contribution in [2.75, 3.05) is 0 Å². The molecule has 19 heavy (non-hydrogen) atoms. The van der Waals surface area contributed by atoms with Crippen molar-refractivity contribution >= 4 is 0 Å². The lowest BCUT2D eigenvalue weighted by Crippen LogP contribution is -2.29. The molecule has 0 aliphatic carbocycles. The minimum atomic E-state index is -0.0345. The van der Waals surface area contributed by atoms with Crippen molar-refractivity contribution in [3.8, 4) is 0 Å². The van der Waals surface area contributed by atoms with E-state index in [9.17, 15) is 0 Å². The van der Waals surface area contributed by atoms with Crippen molar-refractivity contribution in [1.29, 1.82) is 0 Å². The molecule has 0 bridgehead atoms. The Morgan fingerprint density at radius 3 is 2.16 bits per heavy atom. The predicted molar refractivity (Wildman–Crippen MR) is 77.8 cm³/mol. The normalized spacial score (nSPS) is 13.5. The Bertz CT molecular complexity index is 535. The Kier molecular flexibility index (Phi) is 3.78. The summed E-state index contributed by atoms with van der Waals surface area (Å²) in [6.45, 7) is 8.58. The van der Waals surface area contributed by atoms with Gasteiger partial charge in [0.2, 0.25) is 0 Å². The zero-order chi connectivity index (χ0) is 14.0. The first-order valence-electron chi connectivity index (χ1n) is 6.54. The van der Waals surface area contributed by atoms with Crippen LogP contribution in [0.4, 0.5) is 0 Å². The molecule has 0 radical (unpaired) electrons. The Morgan fingerprint density at radius 1 is 1.11 bits per heavy atom. The van der Waals surface area contributed by atoms with Crippen LogP contribution in [0.1, 0.15) is 49.3 Å². The second kappa shape index (κ2) is 5.19. The average molecular weight is 258 g/mol. The molecular formula is C16H22N2O. The Labute approximate surface area is 114 Å². The van der Waals surface area contributed by atoms with Gasteiger partial charge in [0.25, 0.3) is 0 Å². The molecule has 0 amide bonds. The number of aryl methyl sites for hydroxylation is 1. The summed E-state index contributed by atoms with van der Waals surface area (Å²) in [6, 6.07) is 10.5. The van der Waals surface area contributed by atoms with Gasteiger partial charge in [-0.25, -0.2) is 5.43 Å². The molecule has 0 aliphatic rings. The van der Waals surface area contributed by atoms with Crippen LogP contribution in [0.3, 0.4) is 0 Å². The summed E-state index contributed by atoms with van der Waals surface area (Å²) >= 11 is 0. The topological polar surface area (TPSA) is 51.2 Å². The number of benzene rings is 1. The largest absolute Gasteiger partial charge is 0.469 e. The summed E-state index contributed by atoms with van der Waals surface area (Å²) in [4.78, 5) is 0. The molecule has 3 heteroatoms. The standard InChI is InChI=1S/C16H22N2O/c1-11-14(9-10-19-11)15(18-17)12-5-7-13(8-6-12)16(2,3)4/h5-10,15,18H,17H2,1-4H3. The van der Waals surface area contributed by atoms with E-state index < -0.39 is 0 Å². The predicted octanol–water partition coefficient (Wildman–Crippen LogP) is 3.44. The Balaban J connectivity index is 2.33. The number of hydrogen-bond donors (Lipinski definition) is 2. The molecule has 1 atom stereocenters. The molecule has 0 fully saturated rings. The van der Waals surface area contributed by atoms with Crippen molar-refractivity contribution in [3.63, 3.8) is 0 Å². The number of nitrogens with one attached hydrogen (secondary N) is 1. The molecule has 0 saturated heterocycles. The van der Waals surface area contributed by atoms with Crippen molar-refractivity contribution in [1.82, 2.24) is 5.43 Å². The van der Waals surface area contributed by atoms with Crippen LogP contribution < -0.4 is 11.3 Å². The number of nitrogens with two attached hydrogens (primary N) is 1. The van der Waals surface area contributed by atoms with Crippen LogP contribution in [0.15, 0.2) is 41.0 Å². The van der Waals surface area contributed by atoms with Gasteiger partial charge >= 0.3 is 0 Å². The Morgan fingerprint density at radius 2 is 1.74 bits per heavy atom. The first-order valence-corrected chi connectivity index (χ1v) is 6.54. The minimum Gasteiger partial charge on any atom is -0.469 e. The first kappa shape index (κ1) is 13.8.